The largest absolute Gasteiger partial charge is 0.494 e. The Balaban J connectivity index is 0.00000264. The fraction of sp³-hybridized carbons (Fsp3) is 0.611. The summed E-state index contributed by atoms with van der Waals surface area (Å²) >= 11 is 0. The molecule has 0 radical (unpaired) electrons. The van der Waals surface area contributed by atoms with Gasteiger partial charge in [-0.3, -0.25) is 4.79 Å². The molecule has 0 aromatic heterocycles. The van der Waals surface area contributed by atoms with Gasteiger partial charge in [0, 0.05) is 24.7 Å². The van der Waals surface area contributed by atoms with Gasteiger partial charge in [-0.1, -0.05) is 19.8 Å². The number of likely N-dealkylation sites (tertiary alicyclic amines) is 1. The van der Waals surface area contributed by atoms with Crippen LogP contribution in [0.5, 0.6) is 5.75 Å². The van der Waals surface area contributed by atoms with Gasteiger partial charge in [-0.2, -0.15) is 0 Å². The number of nitrogens with zero attached hydrogens (tertiary/aromatic N) is 1. The van der Waals surface area contributed by atoms with Gasteiger partial charge in [-0.25, -0.2) is 0 Å². The van der Waals surface area contributed by atoms with E-state index in [4.69, 9.17) is 4.74 Å². The highest BCUT2D eigenvalue weighted by molar-refractivity contribution is 5.94. The molecule has 2 rings (SSSR count). The summed E-state index contributed by atoms with van der Waals surface area (Å²) in [5, 5.41) is 3.17. The van der Waals surface area contributed by atoms with Crippen LogP contribution in [0.3, 0.4) is 0 Å². The lowest BCUT2D eigenvalue weighted by Crippen LogP contribution is -2.40. The monoisotopic (exact) mass is 340 g/mol. The summed E-state index contributed by atoms with van der Waals surface area (Å²) in [5.74, 6) is 0.983. The van der Waals surface area contributed by atoms with Gasteiger partial charge in [-0.05, 0) is 50.6 Å². The number of unbranched alkanes of at least 4 members (excludes halogenated alkanes) is 2. The molecule has 1 aromatic carbocycles. The first-order valence-corrected chi connectivity index (χ1v) is 8.44. The quantitative estimate of drug-likeness (QED) is 0.736. The lowest BCUT2D eigenvalue weighted by atomic mass is 10.1. The van der Waals surface area contributed by atoms with Crippen molar-refractivity contribution in [1.82, 2.24) is 10.2 Å². The average Bonchev–Trinajstić information content (AvgIpc) is 3.00. The minimum Gasteiger partial charge on any atom is -0.494 e. The summed E-state index contributed by atoms with van der Waals surface area (Å²) in [7, 11) is 1.94. The minimum absolute atomic E-state index is 0. The van der Waals surface area contributed by atoms with Gasteiger partial charge in [0.2, 0.25) is 0 Å². The predicted octanol–water partition coefficient (Wildman–Crippen LogP) is 3.50. The van der Waals surface area contributed by atoms with Gasteiger partial charge >= 0.3 is 0 Å². The van der Waals surface area contributed by atoms with Crippen molar-refractivity contribution in [2.24, 2.45) is 0 Å². The summed E-state index contributed by atoms with van der Waals surface area (Å²) in [6, 6.07) is 7.89. The standard InChI is InChI=1S/C18H28N2O2.ClH/c1-3-4-5-13-22-17-10-8-15(9-11-17)18(21)20-12-6-7-16(20)14-19-2;/h8-11,16,19H,3-7,12-14H2,1-2H3;1H. The molecular weight excluding hydrogens is 312 g/mol. The van der Waals surface area contributed by atoms with Crippen molar-refractivity contribution in [2.45, 2.75) is 45.1 Å². The summed E-state index contributed by atoms with van der Waals surface area (Å²) in [6.07, 6.45) is 5.65. The van der Waals surface area contributed by atoms with Gasteiger partial charge < -0.3 is 15.0 Å². The Labute approximate surface area is 146 Å². The van der Waals surface area contributed by atoms with Crippen molar-refractivity contribution in [3.63, 3.8) is 0 Å². The third kappa shape index (κ3) is 5.70. The van der Waals surface area contributed by atoms with E-state index in [0.29, 0.717) is 6.04 Å². The highest BCUT2D eigenvalue weighted by Gasteiger charge is 2.28. The smallest absolute Gasteiger partial charge is 0.254 e. The zero-order valence-electron chi connectivity index (χ0n) is 14.2. The van der Waals surface area contributed by atoms with Gasteiger partial charge in [-0.15, -0.1) is 12.4 Å². The molecule has 1 N–H and O–H groups in total. The summed E-state index contributed by atoms with van der Waals surface area (Å²) in [5.41, 5.74) is 0.754. The molecule has 5 heteroatoms. The van der Waals surface area contributed by atoms with E-state index in [9.17, 15) is 4.79 Å². The molecule has 1 heterocycles. The van der Waals surface area contributed by atoms with Crippen molar-refractivity contribution in [1.29, 1.82) is 0 Å². The first-order valence-electron chi connectivity index (χ1n) is 8.44. The Bertz CT molecular complexity index is 465. The average molecular weight is 341 g/mol. The Morgan fingerprint density at radius 3 is 2.70 bits per heavy atom. The van der Waals surface area contributed by atoms with Crippen LogP contribution in [0.2, 0.25) is 0 Å². The molecule has 0 aliphatic carbocycles. The summed E-state index contributed by atoms with van der Waals surface area (Å²) in [4.78, 5) is 14.6. The molecule has 1 atom stereocenters. The molecule has 1 aliphatic rings. The van der Waals surface area contributed by atoms with Gasteiger partial charge in [0.15, 0.2) is 0 Å². The summed E-state index contributed by atoms with van der Waals surface area (Å²) < 4.78 is 5.69. The van der Waals surface area contributed by atoms with Crippen LogP contribution < -0.4 is 10.1 Å². The Kier molecular flexibility index (Phi) is 9.03. The van der Waals surface area contributed by atoms with Crippen LogP contribution in [-0.2, 0) is 0 Å². The maximum atomic E-state index is 12.6. The zero-order chi connectivity index (χ0) is 15.8. The van der Waals surface area contributed by atoms with Gasteiger partial charge in [0.1, 0.15) is 5.75 Å². The number of carbonyl (C=O) groups is 1. The van der Waals surface area contributed by atoms with Crippen LogP contribution in [0.4, 0.5) is 0 Å². The topological polar surface area (TPSA) is 41.6 Å². The Morgan fingerprint density at radius 1 is 1.30 bits per heavy atom. The summed E-state index contributed by atoms with van der Waals surface area (Å²) in [6.45, 7) is 4.66. The van der Waals surface area contributed by atoms with Crippen LogP contribution in [0.15, 0.2) is 24.3 Å². The second-order valence-electron chi connectivity index (χ2n) is 5.93. The van der Waals surface area contributed by atoms with E-state index in [-0.39, 0.29) is 18.3 Å². The highest BCUT2D eigenvalue weighted by atomic mass is 35.5. The third-order valence-corrected chi connectivity index (χ3v) is 4.20. The first kappa shape index (κ1) is 19.8. The third-order valence-electron chi connectivity index (χ3n) is 4.20. The number of likely N-dealkylation sites (N-methyl/N-ethyl adjacent to an activating group) is 1. The molecule has 0 spiro atoms. The molecule has 130 valence electrons. The van der Waals surface area contributed by atoms with E-state index >= 15 is 0 Å². The van der Waals surface area contributed by atoms with E-state index in [2.05, 4.69) is 12.2 Å². The van der Waals surface area contributed by atoms with Crippen LogP contribution in [-0.4, -0.2) is 43.6 Å². The number of amides is 1. The maximum Gasteiger partial charge on any atom is 0.254 e. The van der Waals surface area contributed by atoms with Crippen LogP contribution >= 0.6 is 12.4 Å². The molecule has 4 nitrogen and oxygen atoms in total. The molecule has 0 saturated carbocycles. The van der Waals surface area contributed by atoms with Crippen molar-refractivity contribution in [3.05, 3.63) is 29.8 Å². The fourth-order valence-electron chi connectivity index (χ4n) is 2.95. The van der Waals surface area contributed by atoms with Crippen LogP contribution in [0.1, 0.15) is 49.4 Å². The maximum absolute atomic E-state index is 12.6. The predicted molar refractivity (Wildman–Crippen MR) is 96.7 cm³/mol. The molecule has 1 amide bonds. The number of halogens is 1. The second-order valence-corrected chi connectivity index (χ2v) is 5.93. The molecule has 1 aliphatic heterocycles. The van der Waals surface area contributed by atoms with Crippen LogP contribution in [0, 0.1) is 0 Å². The second kappa shape index (κ2) is 10.5. The molecule has 1 saturated heterocycles. The number of carbonyl (C=O) groups excluding carboxylic acids is 1. The highest BCUT2D eigenvalue weighted by Crippen LogP contribution is 2.21. The number of hydrogen-bond acceptors (Lipinski definition) is 3. The van der Waals surface area contributed by atoms with E-state index in [1.165, 1.54) is 12.8 Å². The van der Waals surface area contributed by atoms with E-state index < -0.39 is 0 Å². The lowest BCUT2D eigenvalue weighted by molar-refractivity contribution is 0.0737. The molecule has 1 aromatic rings. The van der Waals surface area contributed by atoms with E-state index in [0.717, 1.165) is 50.3 Å². The molecular formula is C18H29ClN2O2. The number of nitrogens with one attached hydrogen (secondary N) is 1. The van der Waals surface area contributed by atoms with Crippen molar-refractivity contribution in [2.75, 3.05) is 26.7 Å². The lowest BCUT2D eigenvalue weighted by Gasteiger charge is -2.24. The number of ether oxygens (including phenoxy) is 1. The Morgan fingerprint density at radius 2 is 2.04 bits per heavy atom. The SMILES string of the molecule is CCCCCOc1ccc(C(=O)N2CCCC2CNC)cc1.Cl. The number of rotatable bonds is 8. The normalized spacial score (nSPS) is 17.0. The fourth-order valence-corrected chi connectivity index (χ4v) is 2.95. The molecule has 23 heavy (non-hydrogen) atoms. The minimum atomic E-state index is 0. The van der Waals surface area contributed by atoms with Crippen molar-refractivity contribution < 1.29 is 9.53 Å². The zero-order valence-corrected chi connectivity index (χ0v) is 15.0. The van der Waals surface area contributed by atoms with E-state index in [1.807, 2.05) is 36.2 Å². The van der Waals surface area contributed by atoms with E-state index in [1.54, 1.807) is 0 Å². The van der Waals surface area contributed by atoms with Gasteiger partial charge in [0.25, 0.3) is 5.91 Å². The first-order chi connectivity index (χ1) is 10.8. The van der Waals surface area contributed by atoms with Crippen molar-refractivity contribution >= 4 is 18.3 Å². The Hall–Kier alpha value is -1.26. The molecule has 0 bridgehead atoms. The number of hydrogen-bond donors (Lipinski definition) is 1. The molecule has 1 fully saturated rings. The van der Waals surface area contributed by atoms with Crippen molar-refractivity contribution in [3.8, 4) is 5.75 Å². The number of benzene rings is 1. The van der Waals surface area contributed by atoms with Gasteiger partial charge in [0.05, 0.1) is 6.61 Å². The van der Waals surface area contributed by atoms with Crippen LogP contribution in [0.25, 0.3) is 0 Å². The molecule has 1 unspecified atom stereocenters.